The number of hydrogen-bond donors (Lipinski definition) is 1. The predicted octanol–water partition coefficient (Wildman–Crippen LogP) is 3.26. The molecule has 1 aliphatic heterocycles. The lowest BCUT2D eigenvalue weighted by atomic mass is 10.2. The van der Waals surface area contributed by atoms with E-state index >= 15 is 0 Å². The van der Waals surface area contributed by atoms with Crippen molar-refractivity contribution in [3.63, 3.8) is 0 Å². The molecule has 0 bridgehead atoms. The highest BCUT2D eigenvalue weighted by Gasteiger charge is 2.22. The van der Waals surface area contributed by atoms with Gasteiger partial charge < -0.3 is 19.4 Å². The van der Waals surface area contributed by atoms with Crippen LogP contribution in [0.5, 0.6) is 5.88 Å². The summed E-state index contributed by atoms with van der Waals surface area (Å²) in [5.74, 6) is 2.32. The van der Waals surface area contributed by atoms with Gasteiger partial charge in [0.25, 0.3) is 0 Å². The number of rotatable bonds is 3. The number of ether oxygens (including phenoxy) is 1. The van der Waals surface area contributed by atoms with Crippen molar-refractivity contribution in [1.29, 1.82) is 0 Å². The second kappa shape index (κ2) is 6.53. The molecule has 4 aromatic heterocycles. The maximum Gasteiger partial charge on any atom is 0.231 e. The van der Waals surface area contributed by atoms with Crippen LogP contribution in [0.25, 0.3) is 27.9 Å². The lowest BCUT2D eigenvalue weighted by molar-refractivity contribution is 0.390. The maximum atomic E-state index is 6.22. The van der Waals surface area contributed by atoms with Gasteiger partial charge >= 0.3 is 0 Å². The number of anilines is 1. The van der Waals surface area contributed by atoms with Crippen molar-refractivity contribution in [1.82, 2.24) is 19.9 Å². The van der Waals surface area contributed by atoms with Crippen molar-refractivity contribution in [2.24, 2.45) is 0 Å². The SMILES string of the molecule is COc1ccc2c(C)cc(-c3cc4c(N5CCNC(C)C5)nccc4o3)n2n1. The third-order valence-corrected chi connectivity index (χ3v) is 5.35. The summed E-state index contributed by atoms with van der Waals surface area (Å²) < 4.78 is 13.4. The van der Waals surface area contributed by atoms with Crippen molar-refractivity contribution >= 4 is 22.3 Å². The fourth-order valence-corrected chi connectivity index (χ4v) is 3.96. The van der Waals surface area contributed by atoms with E-state index in [9.17, 15) is 0 Å². The first-order valence-corrected chi connectivity index (χ1v) is 9.54. The van der Waals surface area contributed by atoms with E-state index in [0.29, 0.717) is 11.9 Å². The Hall–Kier alpha value is -3.06. The lowest BCUT2D eigenvalue weighted by Crippen LogP contribution is -2.49. The first-order valence-electron chi connectivity index (χ1n) is 9.54. The van der Waals surface area contributed by atoms with E-state index in [-0.39, 0.29) is 0 Å². The third-order valence-electron chi connectivity index (χ3n) is 5.35. The summed E-state index contributed by atoms with van der Waals surface area (Å²) in [6.45, 7) is 7.09. The molecule has 7 nitrogen and oxygen atoms in total. The normalized spacial score (nSPS) is 17.5. The minimum Gasteiger partial charge on any atom is -0.480 e. The van der Waals surface area contributed by atoms with Crippen LogP contribution in [0.4, 0.5) is 5.82 Å². The number of piperazine rings is 1. The van der Waals surface area contributed by atoms with E-state index in [4.69, 9.17) is 9.15 Å². The molecule has 0 aromatic carbocycles. The van der Waals surface area contributed by atoms with Gasteiger partial charge in [-0.2, -0.15) is 0 Å². The molecule has 0 radical (unpaired) electrons. The Balaban J connectivity index is 1.65. The van der Waals surface area contributed by atoms with Gasteiger partial charge in [0.1, 0.15) is 17.1 Å². The van der Waals surface area contributed by atoms with Gasteiger partial charge in [0.15, 0.2) is 5.76 Å². The molecule has 5 heterocycles. The van der Waals surface area contributed by atoms with Gasteiger partial charge in [-0.15, -0.1) is 5.10 Å². The van der Waals surface area contributed by atoms with Crippen LogP contribution in [-0.2, 0) is 0 Å². The Labute approximate surface area is 162 Å². The number of pyridine rings is 1. The lowest BCUT2D eigenvalue weighted by Gasteiger charge is -2.32. The number of nitrogens with zero attached hydrogens (tertiary/aromatic N) is 4. The van der Waals surface area contributed by atoms with Gasteiger partial charge in [-0.25, -0.2) is 9.50 Å². The standard InChI is InChI=1S/C21H23N5O2/c1-13-10-17(26-16(13)4-5-20(24-26)27-3)19-11-15-18(28-19)6-7-23-21(15)25-9-8-22-14(2)12-25/h4-7,10-11,14,22H,8-9,12H2,1-3H3. The maximum absolute atomic E-state index is 6.22. The predicted molar refractivity (Wildman–Crippen MR) is 109 cm³/mol. The van der Waals surface area contributed by atoms with Crippen LogP contribution < -0.4 is 15.0 Å². The van der Waals surface area contributed by atoms with Gasteiger partial charge in [-0.05, 0) is 43.7 Å². The molecule has 1 atom stereocenters. The molecule has 28 heavy (non-hydrogen) atoms. The molecule has 1 N–H and O–H groups in total. The fraction of sp³-hybridized carbons (Fsp3) is 0.333. The molecule has 1 unspecified atom stereocenters. The Bertz CT molecular complexity index is 1160. The average Bonchev–Trinajstić information content (AvgIpc) is 3.28. The van der Waals surface area contributed by atoms with Crippen LogP contribution in [0.15, 0.2) is 40.9 Å². The number of aromatic nitrogens is 3. The summed E-state index contributed by atoms with van der Waals surface area (Å²) in [6, 6.07) is 10.4. The summed E-state index contributed by atoms with van der Waals surface area (Å²) in [4.78, 5) is 6.99. The van der Waals surface area contributed by atoms with Crippen molar-refractivity contribution in [2.45, 2.75) is 19.9 Å². The van der Waals surface area contributed by atoms with Gasteiger partial charge in [-0.3, -0.25) is 0 Å². The van der Waals surface area contributed by atoms with Crippen molar-refractivity contribution < 1.29 is 9.15 Å². The van der Waals surface area contributed by atoms with Gasteiger partial charge in [-0.1, -0.05) is 0 Å². The monoisotopic (exact) mass is 377 g/mol. The van der Waals surface area contributed by atoms with E-state index < -0.39 is 0 Å². The smallest absolute Gasteiger partial charge is 0.231 e. The molecule has 1 saturated heterocycles. The number of furan rings is 1. The van der Waals surface area contributed by atoms with E-state index in [1.807, 2.05) is 28.9 Å². The first-order chi connectivity index (χ1) is 13.6. The zero-order valence-electron chi connectivity index (χ0n) is 16.3. The van der Waals surface area contributed by atoms with Crippen LogP contribution in [0, 0.1) is 6.92 Å². The average molecular weight is 377 g/mol. The zero-order chi connectivity index (χ0) is 19.3. The number of aryl methyl sites for hydroxylation is 1. The molecular weight excluding hydrogens is 354 g/mol. The number of hydrogen-bond acceptors (Lipinski definition) is 6. The highest BCUT2D eigenvalue weighted by molar-refractivity contribution is 5.92. The summed E-state index contributed by atoms with van der Waals surface area (Å²) in [5.41, 5.74) is 3.91. The molecule has 144 valence electrons. The summed E-state index contributed by atoms with van der Waals surface area (Å²) >= 11 is 0. The molecular formula is C21H23N5O2. The molecule has 0 aliphatic carbocycles. The van der Waals surface area contributed by atoms with Crippen molar-refractivity contribution in [3.8, 4) is 17.3 Å². The number of methoxy groups -OCH3 is 1. The van der Waals surface area contributed by atoms with Crippen LogP contribution >= 0.6 is 0 Å². The third kappa shape index (κ3) is 2.70. The topological polar surface area (TPSA) is 67.8 Å². The van der Waals surface area contributed by atoms with E-state index in [1.54, 1.807) is 7.11 Å². The molecule has 0 amide bonds. The second-order valence-corrected chi connectivity index (χ2v) is 7.34. The number of nitrogens with one attached hydrogen (secondary N) is 1. The van der Waals surface area contributed by atoms with E-state index in [1.165, 1.54) is 0 Å². The van der Waals surface area contributed by atoms with Crippen LogP contribution in [-0.4, -0.2) is 47.4 Å². The Morgan fingerprint density at radius 1 is 1.25 bits per heavy atom. The van der Waals surface area contributed by atoms with Crippen molar-refractivity contribution in [3.05, 3.63) is 42.1 Å². The molecule has 1 aliphatic rings. The largest absolute Gasteiger partial charge is 0.480 e. The second-order valence-electron chi connectivity index (χ2n) is 7.34. The number of fused-ring (bicyclic) bond motifs is 2. The minimum absolute atomic E-state index is 0.436. The minimum atomic E-state index is 0.436. The molecule has 1 fully saturated rings. The quantitative estimate of drug-likeness (QED) is 0.591. The summed E-state index contributed by atoms with van der Waals surface area (Å²) in [6.07, 6.45) is 1.82. The highest BCUT2D eigenvalue weighted by atomic mass is 16.5. The van der Waals surface area contributed by atoms with Crippen LogP contribution in [0.2, 0.25) is 0 Å². The highest BCUT2D eigenvalue weighted by Crippen LogP contribution is 2.34. The van der Waals surface area contributed by atoms with Crippen LogP contribution in [0.3, 0.4) is 0 Å². The van der Waals surface area contributed by atoms with Gasteiger partial charge in [0.05, 0.1) is 18.0 Å². The Morgan fingerprint density at radius 2 is 2.14 bits per heavy atom. The fourth-order valence-electron chi connectivity index (χ4n) is 3.96. The van der Waals surface area contributed by atoms with Crippen molar-refractivity contribution in [2.75, 3.05) is 31.6 Å². The Morgan fingerprint density at radius 3 is 2.96 bits per heavy atom. The molecule has 4 aromatic rings. The summed E-state index contributed by atoms with van der Waals surface area (Å²) in [5, 5.41) is 9.09. The van der Waals surface area contributed by atoms with Crippen LogP contribution in [0.1, 0.15) is 12.5 Å². The zero-order valence-corrected chi connectivity index (χ0v) is 16.3. The molecule has 7 heteroatoms. The molecule has 0 saturated carbocycles. The molecule has 0 spiro atoms. The van der Waals surface area contributed by atoms with E-state index in [0.717, 1.165) is 59.0 Å². The first kappa shape index (κ1) is 17.1. The summed E-state index contributed by atoms with van der Waals surface area (Å²) in [7, 11) is 1.62. The van der Waals surface area contributed by atoms with E-state index in [2.05, 4.69) is 46.3 Å². The Kier molecular flexibility index (Phi) is 3.98. The van der Waals surface area contributed by atoms with Gasteiger partial charge in [0, 0.05) is 37.9 Å². The molecule has 5 rings (SSSR count). The van der Waals surface area contributed by atoms with Gasteiger partial charge in [0.2, 0.25) is 5.88 Å².